The van der Waals surface area contributed by atoms with Gasteiger partial charge in [0, 0.05) is 45.3 Å². The lowest BCUT2D eigenvalue weighted by Gasteiger charge is -2.37. The number of nitrogens with two attached hydrogens (primary N) is 1. The van der Waals surface area contributed by atoms with Gasteiger partial charge in [-0.1, -0.05) is 6.42 Å². The van der Waals surface area contributed by atoms with Gasteiger partial charge in [0.25, 0.3) is 5.91 Å². The predicted molar refractivity (Wildman–Crippen MR) is 86.6 cm³/mol. The summed E-state index contributed by atoms with van der Waals surface area (Å²) < 4.78 is 28.2. The van der Waals surface area contributed by atoms with Gasteiger partial charge in [-0.25, -0.2) is 8.42 Å². The topological polar surface area (TPSA) is 106 Å². The van der Waals surface area contributed by atoms with Crippen LogP contribution in [0.3, 0.4) is 0 Å². The number of nitrogens with zero attached hydrogens (tertiary/aromatic N) is 3. The summed E-state index contributed by atoms with van der Waals surface area (Å²) in [4.78, 5) is 25.3. The first-order valence-electron chi connectivity index (χ1n) is 8.06. The highest BCUT2D eigenvalue weighted by molar-refractivity contribution is 7.89. The van der Waals surface area contributed by atoms with Gasteiger partial charge < -0.3 is 15.2 Å². The van der Waals surface area contributed by atoms with Crippen molar-refractivity contribution in [1.82, 2.24) is 13.8 Å². The molecule has 2 N–H and O–H groups in total. The van der Waals surface area contributed by atoms with Gasteiger partial charge in [-0.2, -0.15) is 4.31 Å². The lowest BCUT2D eigenvalue weighted by Crippen LogP contribution is -2.52. The lowest BCUT2D eigenvalue weighted by molar-refractivity contribution is -0.139. The molecule has 9 heteroatoms. The molecule has 0 bridgehead atoms. The highest BCUT2D eigenvalue weighted by Gasteiger charge is 2.35. The Kier molecular flexibility index (Phi) is 4.39. The van der Waals surface area contributed by atoms with Crippen LogP contribution >= 0.6 is 0 Å². The average Bonchev–Trinajstić information content (AvgIpc) is 2.88. The molecule has 0 aromatic carbocycles. The summed E-state index contributed by atoms with van der Waals surface area (Å²) in [7, 11) is -2.11. The summed E-state index contributed by atoms with van der Waals surface area (Å²) in [6, 6.07) is 1.30. The van der Waals surface area contributed by atoms with E-state index in [0.29, 0.717) is 13.1 Å². The van der Waals surface area contributed by atoms with Crippen LogP contribution in [0.5, 0.6) is 0 Å². The first kappa shape index (κ1) is 17.0. The molecule has 0 spiro atoms. The molecule has 1 aliphatic carbocycles. The zero-order valence-corrected chi connectivity index (χ0v) is 14.5. The fourth-order valence-electron chi connectivity index (χ4n) is 3.13. The van der Waals surface area contributed by atoms with Crippen molar-refractivity contribution in [2.24, 2.45) is 18.7 Å². The van der Waals surface area contributed by atoms with Crippen LogP contribution in [0.2, 0.25) is 0 Å². The fraction of sp³-hybridized carbons (Fsp3) is 0.600. The molecule has 1 saturated heterocycles. The first-order valence-corrected chi connectivity index (χ1v) is 9.50. The van der Waals surface area contributed by atoms with Crippen LogP contribution in [0, 0.1) is 5.92 Å². The van der Waals surface area contributed by atoms with Crippen molar-refractivity contribution in [2.75, 3.05) is 26.2 Å². The normalized spacial score (nSPS) is 20.0. The number of rotatable bonds is 4. The Bertz CT molecular complexity index is 758. The Labute approximate surface area is 141 Å². The number of primary amides is 1. The molecule has 2 heterocycles. The highest BCUT2D eigenvalue weighted by Crippen LogP contribution is 2.29. The largest absolute Gasteiger partial charge is 0.364 e. The van der Waals surface area contributed by atoms with E-state index in [-0.39, 0.29) is 35.5 Å². The smallest absolute Gasteiger partial charge is 0.265 e. The van der Waals surface area contributed by atoms with Gasteiger partial charge in [-0.3, -0.25) is 9.59 Å². The van der Waals surface area contributed by atoms with Crippen molar-refractivity contribution >= 4 is 21.8 Å². The molecule has 1 aromatic rings. The molecule has 1 aromatic heterocycles. The number of sulfonamides is 1. The molecular weight excluding hydrogens is 332 g/mol. The zero-order chi connectivity index (χ0) is 17.5. The minimum absolute atomic E-state index is 0.0533. The molecule has 3 rings (SSSR count). The van der Waals surface area contributed by atoms with Gasteiger partial charge in [-0.05, 0) is 18.9 Å². The highest BCUT2D eigenvalue weighted by atomic mass is 32.2. The number of aryl methyl sites for hydroxylation is 1. The van der Waals surface area contributed by atoms with Gasteiger partial charge in [-0.15, -0.1) is 0 Å². The third-order valence-corrected chi connectivity index (χ3v) is 6.74. The second-order valence-corrected chi connectivity index (χ2v) is 8.33. The van der Waals surface area contributed by atoms with E-state index in [1.165, 1.54) is 21.1 Å². The second kappa shape index (κ2) is 6.21. The van der Waals surface area contributed by atoms with Gasteiger partial charge in [0.05, 0.1) is 0 Å². The maximum Gasteiger partial charge on any atom is 0.265 e. The first-order chi connectivity index (χ1) is 11.3. The number of amides is 2. The Hall–Kier alpha value is -1.87. The average molecular weight is 354 g/mol. The van der Waals surface area contributed by atoms with Crippen LogP contribution in [-0.4, -0.2) is 60.2 Å². The van der Waals surface area contributed by atoms with Crippen molar-refractivity contribution in [2.45, 2.75) is 24.2 Å². The van der Waals surface area contributed by atoms with Crippen LogP contribution in [0.4, 0.5) is 0 Å². The maximum absolute atomic E-state index is 12.7. The van der Waals surface area contributed by atoms with Gasteiger partial charge >= 0.3 is 0 Å². The van der Waals surface area contributed by atoms with E-state index in [1.807, 2.05) is 0 Å². The molecule has 0 unspecified atom stereocenters. The number of aromatic nitrogens is 1. The van der Waals surface area contributed by atoms with Crippen LogP contribution in [-0.2, 0) is 21.9 Å². The Morgan fingerprint density at radius 1 is 1.17 bits per heavy atom. The number of hydrogen-bond donors (Lipinski definition) is 1. The minimum Gasteiger partial charge on any atom is -0.364 e. The van der Waals surface area contributed by atoms with E-state index >= 15 is 0 Å². The summed E-state index contributed by atoms with van der Waals surface area (Å²) in [5.41, 5.74) is 5.38. The summed E-state index contributed by atoms with van der Waals surface area (Å²) in [6.45, 7) is 1.34. The van der Waals surface area contributed by atoms with Gasteiger partial charge in [0.15, 0.2) is 0 Å². The predicted octanol–water partition coefficient (Wildman–Crippen LogP) is -0.243. The lowest BCUT2D eigenvalue weighted by atomic mass is 9.84. The SMILES string of the molecule is Cn1cc(S(=O)(=O)N2CCN(C(=O)C3CCC3)CC2)cc1C(N)=O. The van der Waals surface area contributed by atoms with Crippen LogP contribution in [0.25, 0.3) is 0 Å². The zero-order valence-electron chi connectivity index (χ0n) is 13.6. The van der Waals surface area contributed by atoms with Gasteiger partial charge in [0.1, 0.15) is 10.6 Å². The third-order valence-electron chi connectivity index (χ3n) is 4.87. The Morgan fingerprint density at radius 2 is 1.79 bits per heavy atom. The van der Waals surface area contributed by atoms with Crippen LogP contribution in [0.15, 0.2) is 17.2 Å². The third kappa shape index (κ3) is 2.93. The monoisotopic (exact) mass is 354 g/mol. The van der Waals surface area contributed by atoms with Gasteiger partial charge in [0.2, 0.25) is 15.9 Å². The molecule has 2 fully saturated rings. The number of hydrogen-bond acceptors (Lipinski definition) is 4. The van der Waals surface area contributed by atoms with E-state index in [9.17, 15) is 18.0 Å². The van der Waals surface area contributed by atoms with E-state index in [4.69, 9.17) is 5.73 Å². The fourth-order valence-corrected chi connectivity index (χ4v) is 4.63. The standard InChI is InChI=1S/C15H22N4O4S/c1-17-10-12(9-13(17)14(16)20)24(22,23)19-7-5-18(6-8-19)15(21)11-3-2-4-11/h9-11H,2-8H2,1H3,(H2,16,20). The van der Waals surface area contributed by atoms with E-state index in [2.05, 4.69) is 0 Å². The maximum atomic E-state index is 12.7. The molecule has 1 saturated carbocycles. The molecule has 8 nitrogen and oxygen atoms in total. The molecule has 0 radical (unpaired) electrons. The summed E-state index contributed by atoms with van der Waals surface area (Å²) >= 11 is 0. The quantitative estimate of drug-likeness (QED) is 0.805. The summed E-state index contributed by atoms with van der Waals surface area (Å²) in [5, 5.41) is 0. The minimum atomic E-state index is -3.69. The van der Waals surface area contributed by atoms with E-state index < -0.39 is 15.9 Å². The molecular formula is C15H22N4O4S. The molecule has 2 amide bonds. The van der Waals surface area contributed by atoms with Crippen LogP contribution < -0.4 is 5.73 Å². The Balaban J connectivity index is 1.69. The van der Waals surface area contributed by atoms with Crippen molar-refractivity contribution in [1.29, 1.82) is 0 Å². The van der Waals surface area contributed by atoms with Crippen LogP contribution in [0.1, 0.15) is 29.8 Å². The summed E-state index contributed by atoms with van der Waals surface area (Å²) in [6.07, 6.45) is 4.37. The van der Waals surface area contributed by atoms with Crippen molar-refractivity contribution in [3.8, 4) is 0 Å². The Morgan fingerprint density at radius 3 is 2.25 bits per heavy atom. The molecule has 24 heavy (non-hydrogen) atoms. The number of carbonyl (C=O) groups excluding carboxylic acids is 2. The van der Waals surface area contributed by atoms with Crippen molar-refractivity contribution in [3.05, 3.63) is 18.0 Å². The molecule has 0 atom stereocenters. The molecule has 132 valence electrons. The summed E-state index contributed by atoms with van der Waals surface area (Å²) in [5.74, 6) is -0.399. The number of carbonyl (C=O) groups is 2. The number of piperazine rings is 1. The van der Waals surface area contributed by atoms with Crippen molar-refractivity contribution < 1.29 is 18.0 Å². The molecule has 1 aliphatic heterocycles. The molecule has 2 aliphatic rings. The van der Waals surface area contributed by atoms with Crippen molar-refractivity contribution in [3.63, 3.8) is 0 Å². The second-order valence-electron chi connectivity index (χ2n) is 6.39. The van der Waals surface area contributed by atoms with E-state index in [1.54, 1.807) is 11.9 Å². The van der Waals surface area contributed by atoms with E-state index in [0.717, 1.165) is 19.3 Å².